The molecule has 0 aliphatic rings. The summed E-state index contributed by atoms with van der Waals surface area (Å²) in [6, 6.07) is 9.57. The minimum absolute atomic E-state index is 0.0367. The minimum Gasteiger partial charge on any atom is -0.497 e. The molecule has 0 saturated carbocycles. The van der Waals surface area contributed by atoms with Crippen molar-refractivity contribution in [3.8, 4) is 5.75 Å². The number of nitrogens with zero attached hydrogens (tertiary/aromatic N) is 2. The molecule has 0 spiro atoms. The number of anilines is 1. The number of methoxy groups -OCH3 is 1. The molecule has 0 saturated heterocycles. The summed E-state index contributed by atoms with van der Waals surface area (Å²) in [5.41, 5.74) is 0.737. The molecule has 0 aliphatic heterocycles. The van der Waals surface area contributed by atoms with E-state index in [1.807, 2.05) is 0 Å². The summed E-state index contributed by atoms with van der Waals surface area (Å²) in [5.74, 6) is -1.09. The van der Waals surface area contributed by atoms with E-state index in [9.17, 15) is 22.4 Å². The standard InChI is InChI=1S/C23H29ClFN3O5S/c1-5-21(23(30)26-6-2)27(14-16-8-7-9-18(12-16)33-3)22(29)15-28(34(4,31)32)17-10-11-20(25)19(24)13-17/h7-13,21H,5-6,14-15H2,1-4H3,(H,26,30)/t21-/m0/s1. The van der Waals surface area contributed by atoms with E-state index in [-0.39, 0.29) is 23.2 Å². The van der Waals surface area contributed by atoms with Crippen molar-refractivity contribution in [1.29, 1.82) is 0 Å². The van der Waals surface area contributed by atoms with E-state index in [0.717, 1.165) is 22.7 Å². The number of carbonyl (C=O) groups is 2. The van der Waals surface area contributed by atoms with E-state index < -0.39 is 34.3 Å². The lowest BCUT2D eigenvalue weighted by Gasteiger charge is -2.32. The number of hydrogen-bond acceptors (Lipinski definition) is 5. The van der Waals surface area contributed by atoms with E-state index >= 15 is 0 Å². The van der Waals surface area contributed by atoms with Crippen molar-refractivity contribution in [3.63, 3.8) is 0 Å². The molecule has 0 radical (unpaired) electrons. The third kappa shape index (κ3) is 7.07. The summed E-state index contributed by atoms with van der Waals surface area (Å²) in [7, 11) is -2.42. The van der Waals surface area contributed by atoms with Crippen molar-refractivity contribution >= 4 is 39.1 Å². The monoisotopic (exact) mass is 513 g/mol. The van der Waals surface area contributed by atoms with Crippen molar-refractivity contribution in [2.75, 3.05) is 30.8 Å². The maximum atomic E-state index is 13.6. The summed E-state index contributed by atoms with van der Waals surface area (Å²) in [5, 5.41) is 2.44. The third-order valence-electron chi connectivity index (χ3n) is 5.09. The highest BCUT2D eigenvalue weighted by Gasteiger charge is 2.31. The van der Waals surface area contributed by atoms with Gasteiger partial charge in [-0.3, -0.25) is 13.9 Å². The molecule has 0 fully saturated rings. The number of hydrogen-bond donors (Lipinski definition) is 1. The van der Waals surface area contributed by atoms with Crippen LogP contribution in [0.25, 0.3) is 0 Å². The summed E-state index contributed by atoms with van der Waals surface area (Å²) in [4.78, 5) is 27.6. The number of halogens is 2. The fraction of sp³-hybridized carbons (Fsp3) is 0.391. The third-order valence-corrected chi connectivity index (χ3v) is 6.52. The number of carbonyl (C=O) groups excluding carboxylic acids is 2. The van der Waals surface area contributed by atoms with Crippen molar-refractivity contribution in [1.82, 2.24) is 10.2 Å². The molecule has 11 heteroatoms. The maximum absolute atomic E-state index is 13.6. The average Bonchev–Trinajstić information content (AvgIpc) is 2.78. The van der Waals surface area contributed by atoms with E-state index in [0.29, 0.717) is 24.3 Å². The van der Waals surface area contributed by atoms with Gasteiger partial charge in [-0.25, -0.2) is 12.8 Å². The van der Waals surface area contributed by atoms with Gasteiger partial charge in [0, 0.05) is 13.1 Å². The second kappa shape index (κ2) is 12.0. The lowest BCUT2D eigenvalue weighted by molar-refractivity contribution is -0.140. The molecule has 34 heavy (non-hydrogen) atoms. The highest BCUT2D eigenvalue weighted by molar-refractivity contribution is 7.92. The van der Waals surface area contributed by atoms with Gasteiger partial charge in [0.15, 0.2) is 0 Å². The molecule has 2 aromatic carbocycles. The molecule has 2 aromatic rings. The first-order valence-corrected chi connectivity index (χ1v) is 12.9. The molecular weight excluding hydrogens is 485 g/mol. The van der Waals surface area contributed by atoms with Crippen LogP contribution in [-0.4, -0.2) is 57.6 Å². The topological polar surface area (TPSA) is 96.0 Å². The van der Waals surface area contributed by atoms with Crippen LogP contribution in [0.5, 0.6) is 5.75 Å². The van der Waals surface area contributed by atoms with Crippen LogP contribution in [0.2, 0.25) is 5.02 Å². The van der Waals surface area contributed by atoms with E-state index in [2.05, 4.69) is 5.32 Å². The number of nitrogens with one attached hydrogen (secondary N) is 1. The Bertz CT molecular complexity index is 1130. The van der Waals surface area contributed by atoms with Gasteiger partial charge in [-0.1, -0.05) is 30.7 Å². The molecule has 2 rings (SSSR count). The van der Waals surface area contributed by atoms with Gasteiger partial charge in [0.2, 0.25) is 21.8 Å². The molecule has 0 unspecified atom stereocenters. The molecule has 1 atom stereocenters. The molecule has 0 aliphatic carbocycles. The summed E-state index contributed by atoms with van der Waals surface area (Å²) in [6.07, 6.45) is 1.24. The van der Waals surface area contributed by atoms with Crippen LogP contribution in [0, 0.1) is 5.82 Å². The average molecular weight is 514 g/mol. The zero-order valence-corrected chi connectivity index (χ0v) is 21.1. The summed E-state index contributed by atoms with van der Waals surface area (Å²) in [6.45, 7) is 3.36. The smallest absolute Gasteiger partial charge is 0.244 e. The van der Waals surface area contributed by atoms with Gasteiger partial charge in [0.1, 0.15) is 24.2 Å². The summed E-state index contributed by atoms with van der Waals surface area (Å²) >= 11 is 5.84. The predicted octanol–water partition coefficient (Wildman–Crippen LogP) is 3.20. The van der Waals surface area contributed by atoms with E-state index in [4.69, 9.17) is 16.3 Å². The van der Waals surface area contributed by atoms with Gasteiger partial charge in [-0.2, -0.15) is 0 Å². The molecule has 8 nitrogen and oxygen atoms in total. The molecule has 0 bridgehead atoms. The van der Waals surface area contributed by atoms with Crippen LogP contribution in [-0.2, 0) is 26.2 Å². The van der Waals surface area contributed by atoms with E-state index in [1.54, 1.807) is 38.1 Å². The molecule has 0 heterocycles. The zero-order chi connectivity index (χ0) is 25.5. The second-order valence-electron chi connectivity index (χ2n) is 7.56. The fourth-order valence-electron chi connectivity index (χ4n) is 3.43. The van der Waals surface area contributed by atoms with Gasteiger partial charge < -0.3 is 15.0 Å². The van der Waals surface area contributed by atoms with Crippen LogP contribution in [0.1, 0.15) is 25.8 Å². The molecule has 186 valence electrons. The number of benzene rings is 2. The number of ether oxygens (including phenoxy) is 1. The Hall–Kier alpha value is -2.85. The zero-order valence-electron chi connectivity index (χ0n) is 19.5. The molecular formula is C23H29ClFN3O5S. The van der Waals surface area contributed by atoms with Gasteiger partial charge >= 0.3 is 0 Å². The number of rotatable bonds is 11. The predicted molar refractivity (Wildman–Crippen MR) is 130 cm³/mol. The van der Waals surface area contributed by atoms with Crippen molar-refractivity contribution in [2.45, 2.75) is 32.9 Å². The summed E-state index contributed by atoms with van der Waals surface area (Å²) < 4.78 is 44.8. The van der Waals surface area contributed by atoms with E-state index in [1.165, 1.54) is 18.1 Å². The van der Waals surface area contributed by atoms with Gasteiger partial charge in [0.25, 0.3) is 0 Å². The Morgan fingerprint density at radius 1 is 1.18 bits per heavy atom. The first-order chi connectivity index (χ1) is 16.0. The Morgan fingerprint density at radius 3 is 2.44 bits per heavy atom. The quantitative estimate of drug-likeness (QED) is 0.498. The van der Waals surface area contributed by atoms with Crippen molar-refractivity contribution in [3.05, 3.63) is 58.9 Å². The fourth-order valence-corrected chi connectivity index (χ4v) is 4.45. The molecule has 1 N–H and O–H groups in total. The molecule has 0 aromatic heterocycles. The highest BCUT2D eigenvalue weighted by atomic mass is 35.5. The largest absolute Gasteiger partial charge is 0.497 e. The number of sulfonamides is 1. The minimum atomic E-state index is -3.94. The lowest BCUT2D eigenvalue weighted by Crippen LogP contribution is -2.52. The van der Waals surface area contributed by atoms with Gasteiger partial charge in [-0.15, -0.1) is 0 Å². The Morgan fingerprint density at radius 2 is 1.88 bits per heavy atom. The molecule has 2 amide bonds. The van der Waals surface area contributed by atoms with Crippen LogP contribution >= 0.6 is 11.6 Å². The number of amides is 2. The Labute approximate surface area is 204 Å². The van der Waals surface area contributed by atoms with Crippen LogP contribution in [0.15, 0.2) is 42.5 Å². The SMILES string of the molecule is CCNC(=O)[C@H](CC)N(Cc1cccc(OC)c1)C(=O)CN(c1ccc(F)c(Cl)c1)S(C)(=O)=O. The highest BCUT2D eigenvalue weighted by Crippen LogP contribution is 2.25. The maximum Gasteiger partial charge on any atom is 0.244 e. The Balaban J connectivity index is 2.46. The second-order valence-corrected chi connectivity index (χ2v) is 9.87. The Kier molecular flexibility index (Phi) is 9.69. The van der Waals surface area contributed by atoms with Crippen molar-refractivity contribution in [2.24, 2.45) is 0 Å². The normalized spacial score (nSPS) is 12.1. The number of likely N-dealkylation sites (N-methyl/N-ethyl adjacent to an activating group) is 1. The van der Waals surface area contributed by atoms with Crippen LogP contribution in [0.4, 0.5) is 10.1 Å². The van der Waals surface area contributed by atoms with Crippen LogP contribution in [0.3, 0.4) is 0 Å². The first-order valence-electron chi connectivity index (χ1n) is 10.6. The lowest BCUT2D eigenvalue weighted by atomic mass is 10.1. The van der Waals surface area contributed by atoms with Gasteiger partial charge in [-0.05, 0) is 49.2 Å². The van der Waals surface area contributed by atoms with Gasteiger partial charge in [0.05, 0.1) is 24.1 Å². The van der Waals surface area contributed by atoms with Crippen molar-refractivity contribution < 1.29 is 27.1 Å². The first kappa shape index (κ1) is 27.4. The van der Waals surface area contributed by atoms with Crippen LogP contribution < -0.4 is 14.4 Å².